The van der Waals surface area contributed by atoms with Crippen LogP contribution in [0.3, 0.4) is 0 Å². The molecule has 0 aromatic rings. The van der Waals surface area contributed by atoms with Gasteiger partial charge in [-0.05, 0) is 39.0 Å². The zero-order valence-electron chi connectivity index (χ0n) is 15.3. The van der Waals surface area contributed by atoms with Gasteiger partial charge < -0.3 is 0 Å². The minimum absolute atomic E-state index is 0.152. The number of halogens is 14. The Morgan fingerprint density at radius 2 is 1.00 bits per heavy atom. The van der Waals surface area contributed by atoms with E-state index < -0.39 is 45.4 Å². The van der Waals surface area contributed by atoms with Crippen molar-refractivity contribution in [2.75, 3.05) is 0 Å². The number of alkyl halides is 13. The van der Waals surface area contributed by atoms with Crippen molar-refractivity contribution in [3.8, 4) is 0 Å². The lowest BCUT2D eigenvalue weighted by molar-refractivity contribution is -0.436. The highest BCUT2D eigenvalue weighted by atomic mass is 127. The van der Waals surface area contributed by atoms with E-state index in [2.05, 4.69) is 0 Å². The van der Waals surface area contributed by atoms with Crippen molar-refractivity contribution in [2.24, 2.45) is 0 Å². The van der Waals surface area contributed by atoms with E-state index in [4.69, 9.17) is 0 Å². The summed E-state index contributed by atoms with van der Waals surface area (Å²) in [4.78, 5) is 0. The zero-order valence-corrected chi connectivity index (χ0v) is 17.5. The third kappa shape index (κ3) is 5.87. The molecular weight excluding hydrogens is 566 g/mol. The fourth-order valence-corrected chi connectivity index (χ4v) is 2.99. The highest BCUT2D eigenvalue weighted by molar-refractivity contribution is 14.1. The van der Waals surface area contributed by atoms with Gasteiger partial charge in [-0.1, -0.05) is 39.0 Å². The second kappa shape index (κ2) is 10.0. The summed E-state index contributed by atoms with van der Waals surface area (Å²) in [6.07, 6.45) is -4.73. The molecule has 0 aromatic carbocycles. The van der Waals surface area contributed by atoms with Crippen molar-refractivity contribution >= 4 is 22.6 Å². The first-order chi connectivity index (χ1) is 13.2. The van der Waals surface area contributed by atoms with Crippen LogP contribution < -0.4 is 0 Å². The quantitative estimate of drug-likeness (QED) is 0.122. The lowest BCUT2D eigenvalue weighted by Crippen LogP contribution is -2.69. The van der Waals surface area contributed by atoms with Crippen LogP contribution >= 0.6 is 22.6 Å². The minimum Gasteiger partial charge on any atom is -0.195 e. The Labute approximate surface area is 177 Å². The van der Waals surface area contributed by atoms with Crippen LogP contribution in [0.25, 0.3) is 0 Å². The molecule has 0 aliphatic heterocycles. The van der Waals surface area contributed by atoms with Crippen LogP contribution in [0.4, 0.5) is 57.1 Å². The highest BCUT2D eigenvalue weighted by Crippen LogP contribution is 2.60. The summed E-state index contributed by atoms with van der Waals surface area (Å²) in [5.74, 6) is -36.7. The second-order valence-corrected chi connectivity index (χ2v) is 7.91. The summed E-state index contributed by atoms with van der Waals surface area (Å²) in [7, 11) is 0. The first kappa shape index (κ1) is 29.6. The Morgan fingerprint density at radius 1 is 0.600 bits per heavy atom. The Hall–Kier alpha value is -0.440. The van der Waals surface area contributed by atoms with Crippen LogP contribution in [0.5, 0.6) is 0 Å². The van der Waals surface area contributed by atoms with Gasteiger partial charge in [0, 0.05) is 6.08 Å². The maximum Gasteiger partial charge on any atom is 0.460 e. The third-order valence-corrected chi connectivity index (χ3v) is 4.92. The molecule has 0 N–H and O–H groups in total. The van der Waals surface area contributed by atoms with Crippen molar-refractivity contribution < 1.29 is 57.1 Å². The van der Waals surface area contributed by atoms with Crippen molar-refractivity contribution in [1.29, 1.82) is 0 Å². The maximum absolute atomic E-state index is 13.7. The molecule has 0 unspecified atom stereocenters. The fraction of sp³-hybridized carbons (Fsp3) is 0.875. The molecule has 180 valence electrons. The Morgan fingerprint density at radius 3 is 1.43 bits per heavy atom. The molecule has 0 heterocycles. The fourth-order valence-electron chi connectivity index (χ4n) is 2.22. The van der Waals surface area contributed by atoms with E-state index in [1.54, 1.807) is 0 Å². The number of hydrogen-bond donors (Lipinski definition) is 0. The molecule has 0 rings (SSSR count). The van der Waals surface area contributed by atoms with Crippen LogP contribution in [0.1, 0.15) is 51.9 Å². The predicted molar refractivity (Wildman–Crippen MR) is 90.9 cm³/mol. The smallest absolute Gasteiger partial charge is 0.195 e. The van der Waals surface area contributed by atoms with E-state index >= 15 is 0 Å². The minimum atomic E-state index is -7.86. The van der Waals surface area contributed by atoms with Gasteiger partial charge in [0.05, 0.1) is 0 Å². The second-order valence-electron chi connectivity index (χ2n) is 6.53. The van der Waals surface area contributed by atoms with Crippen LogP contribution in [-0.4, -0.2) is 35.8 Å². The molecule has 0 bridgehead atoms. The van der Waals surface area contributed by atoms with Crippen LogP contribution in [-0.2, 0) is 0 Å². The van der Waals surface area contributed by atoms with Crippen molar-refractivity contribution in [3.63, 3.8) is 0 Å². The van der Waals surface area contributed by atoms with E-state index in [1.807, 2.05) is 6.92 Å². The summed E-state index contributed by atoms with van der Waals surface area (Å²) in [6.45, 7) is 1.91. The molecule has 0 atom stereocenters. The molecule has 0 aliphatic rings. The SMILES string of the molecule is CCCCCCCCC(I)=CC(F)(F)C(F)(F)C(F)(F)C(F)(F)C(F)(F)C(F)(F)F. The van der Waals surface area contributed by atoms with Gasteiger partial charge in [0.25, 0.3) is 0 Å². The first-order valence-corrected chi connectivity index (χ1v) is 9.61. The topological polar surface area (TPSA) is 0 Å². The lowest BCUT2D eigenvalue weighted by Gasteiger charge is -2.39. The van der Waals surface area contributed by atoms with Gasteiger partial charge >= 0.3 is 35.8 Å². The Bertz CT molecular complexity index is 578. The molecule has 0 amide bonds. The number of rotatable bonds is 12. The van der Waals surface area contributed by atoms with E-state index in [0.29, 0.717) is 12.8 Å². The average molecular weight is 584 g/mol. The van der Waals surface area contributed by atoms with E-state index in [9.17, 15) is 57.1 Å². The molecule has 30 heavy (non-hydrogen) atoms. The molecule has 0 saturated carbocycles. The molecule has 0 aromatic heterocycles. The van der Waals surface area contributed by atoms with Crippen LogP contribution in [0, 0.1) is 0 Å². The van der Waals surface area contributed by atoms with Crippen molar-refractivity contribution in [1.82, 2.24) is 0 Å². The number of allylic oxidation sites excluding steroid dienone is 2. The number of unbranched alkanes of at least 4 members (excludes halogenated alkanes) is 5. The standard InChI is InChI=1S/C16H18F13I/c1-2-3-4-5-6-7-8-10(30)9-11(17,18)12(19,20)13(21,22)14(23,24)15(25,26)16(27,28)29/h9H,2-8H2,1H3. The Balaban J connectivity index is 5.64. The highest BCUT2D eigenvalue weighted by Gasteiger charge is 2.90. The summed E-state index contributed by atoms with van der Waals surface area (Å²) in [5, 5.41) is 0. The monoisotopic (exact) mass is 584 g/mol. The van der Waals surface area contributed by atoms with Gasteiger partial charge in [0.2, 0.25) is 0 Å². The van der Waals surface area contributed by atoms with Crippen LogP contribution in [0.2, 0.25) is 0 Å². The first-order valence-electron chi connectivity index (χ1n) is 8.53. The van der Waals surface area contributed by atoms with Crippen LogP contribution in [0.15, 0.2) is 9.66 Å². The van der Waals surface area contributed by atoms with Gasteiger partial charge in [-0.3, -0.25) is 0 Å². The molecule has 0 radical (unpaired) electrons. The summed E-state index contributed by atoms with van der Waals surface area (Å²) in [5.41, 5.74) is 0. The van der Waals surface area contributed by atoms with Gasteiger partial charge in [-0.2, -0.15) is 57.1 Å². The number of hydrogen-bond acceptors (Lipinski definition) is 0. The molecular formula is C16H18F13I. The molecule has 0 nitrogen and oxygen atoms in total. The largest absolute Gasteiger partial charge is 0.460 e. The predicted octanol–water partition coefficient (Wildman–Crippen LogP) is 8.79. The lowest BCUT2D eigenvalue weighted by atomic mass is 9.93. The van der Waals surface area contributed by atoms with Crippen molar-refractivity contribution in [2.45, 2.75) is 87.7 Å². The normalized spacial score (nSPS) is 15.6. The van der Waals surface area contributed by atoms with Gasteiger partial charge in [0.15, 0.2) is 0 Å². The third-order valence-electron chi connectivity index (χ3n) is 4.06. The van der Waals surface area contributed by atoms with E-state index in [0.717, 1.165) is 41.9 Å². The molecule has 0 saturated heterocycles. The molecule has 0 aliphatic carbocycles. The van der Waals surface area contributed by atoms with Gasteiger partial charge in [0.1, 0.15) is 0 Å². The van der Waals surface area contributed by atoms with E-state index in [1.165, 1.54) is 0 Å². The summed E-state index contributed by atoms with van der Waals surface area (Å²) in [6, 6.07) is 0. The summed E-state index contributed by atoms with van der Waals surface area (Å²) >= 11 is 1.04. The maximum atomic E-state index is 13.7. The van der Waals surface area contributed by atoms with E-state index in [-0.39, 0.29) is 12.8 Å². The molecule has 0 spiro atoms. The Kier molecular flexibility index (Phi) is 9.86. The summed E-state index contributed by atoms with van der Waals surface area (Å²) < 4.78 is 168. The molecule has 0 fully saturated rings. The van der Waals surface area contributed by atoms with Gasteiger partial charge in [-0.15, -0.1) is 0 Å². The molecule has 14 heteroatoms. The van der Waals surface area contributed by atoms with Gasteiger partial charge in [-0.25, -0.2) is 0 Å². The zero-order chi connectivity index (χ0) is 24.2. The average Bonchev–Trinajstić information content (AvgIpc) is 2.55. The van der Waals surface area contributed by atoms with Crippen molar-refractivity contribution in [3.05, 3.63) is 9.66 Å².